The van der Waals surface area contributed by atoms with E-state index in [2.05, 4.69) is 50.2 Å². The molecule has 4 aromatic rings. The molecule has 0 spiro atoms. The Bertz CT molecular complexity index is 1110. The van der Waals surface area contributed by atoms with Crippen molar-refractivity contribution in [1.29, 1.82) is 0 Å². The maximum Gasteiger partial charge on any atom is 0.238 e. The second-order valence-corrected chi connectivity index (χ2v) is 6.41. The van der Waals surface area contributed by atoms with Gasteiger partial charge in [0.15, 0.2) is 0 Å². The Labute approximate surface area is 187 Å². The molecule has 0 aliphatic carbocycles. The highest BCUT2D eigenvalue weighted by Gasteiger charge is 2.07. The summed E-state index contributed by atoms with van der Waals surface area (Å²) in [5.74, 6) is -0.108. The third-order valence-electron chi connectivity index (χ3n) is 4.47. The molecular weight excluding hydrogens is 421 g/mol. The average Bonchev–Trinajstić information content (AvgIpc) is 2.74. The molecule has 1 heterocycles. The number of carbonyl (C=O) groups is 1. The lowest BCUT2D eigenvalue weighted by molar-refractivity contribution is -0.115. The minimum absolute atomic E-state index is 0. The Kier molecular flexibility index (Phi) is 8.80. The summed E-state index contributed by atoms with van der Waals surface area (Å²) in [6.45, 7) is 1.63. The summed E-state index contributed by atoms with van der Waals surface area (Å²) in [4.78, 5) is 20.8. The Hall–Kier alpha value is -2.93. The van der Waals surface area contributed by atoms with E-state index in [4.69, 9.17) is 0 Å². The van der Waals surface area contributed by atoms with Crippen molar-refractivity contribution in [3.05, 3.63) is 73.1 Å². The van der Waals surface area contributed by atoms with Crippen molar-refractivity contribution in [3.8, 4) is 0 Å². The predicted octanol–water partition coefficient (Wildman–Crippen LogP) is 4.27. The van der Waals surface area contributed by atoms with Gasteiger partial charge in [-0.15, -0.1) is 24.8 Å². The number of hydrogen-bond donors (Lipinski definition) is 3. The molecule has 0 unspecified atom stereocenters. The number of carbonyl (C=O) groups excluding carboxylic acids is 1. The molecule has 3 N–H and O–H groups in total. The van der Waals surface area contributed by atoms with Gasteiger partial charge >= 0.3 is 0 Å². The smallest absolute Gasteiger partial charge is 0.238 e. The van der Waals surface area contributed by atoms with Gasteiger partial charge in [-0.3, -0.25) is 14.8 Å². The van der Waals surface area contributed by atoms with Crippen molar-refractivity contribution in [2.24, 2.45) is 0 Å². The zero-order chi connectivity index (χ0) is 19.2. The normalized spacial score (nSPS) is 10.1. The van der Waals surface area contributed by atoms with Gasteiger partial charge in [0.05, 0.1) is 17.7 Å². The van der Waals surface area contributed by atoms with E-state index < -0.39 is 0 Å². The van der Waals surface area contributed by atoms with Gasteiger partial charge in [-0.25, -0.2) is 0 Å². The average molecular weight is 444 g/mol. The van der Waals surface area contributed by atoms with Gasteiger partial charge in [-0.1, -0.05) is 42.5 Å². The maximum atomic E-state index is 12.2. The molecule has 0 radical (unpaired) electrons. The first-order valence-corrected chi connectivity index (χ1v) is 9.23. The van der Waals surface area contributed by atoms with E-state index >= 15 is 0 Å². The van der Waals surface area contributed by atoms with Crippen LogP contribution in [0.15, 0.2) is 73.1 Å². The van der Waals surface area contributed by atoms with Crippen LogP contribution in [-0.2, 0) is 4.79 Å². The summed E-state index contributed by atoms with van der Waals surface area (Å²) in [5, 5.41) is 11.9. The van der Waals surface area contributed by atoms with Crippen LogP contribution in [-0.4, -0.2) is 35.5 Å². The molecule has 0 saturated carbocycles. The molecule has 30 heavy (non-hydrogen) atoms. The number of benzene rings is 3. The molecule has 0 aliphatic heterocycles. The van der Waals surface area contributed by atoms with Gasteiger partial charge < -0.3 is 16.0 Å². The zero-order valence-corrected chi connectivity index (χ0v) is 17.8. The number of halogens is 2. The van der Waals surface area contributed by atoms with E-state index in [1.165, 1.54) is 10.8 Å². The Balaban J connectivity index is 0.00000160. The monoisotopic (exact) mass is 443 g/mol. The van der Waals surface area contributed by atoms with E-state index in [0.29, 0.717) is 17.7 Å². The van der Waals surface area contributed by atoms with E-state index in [0.717, 1.165) is 17.7 Å². The first-order chi connectivity index (χ1) is 13.8. The number of nitrogens with zero attached hydrogens (tertiary/aromatic N) is 2. The topological polar surface area (TPSA) is 78.9 Å². The van der Waals surface area contributed by atoms with Gasteiger partial charge in [0.25, 0.3) is 0 Å². The maximum absolute atomic E-state index is 12.2. The molecule has 3 aromatic carbocycles. The number of aromatic nitrogens is 2. The molecule has 1 aromatic heterocycles. The van der Waals surface area contributed by atoms with Crippen LogP contribution in [0.25, 0.3) is 21.8 Å². The van der Waals surface area contributed by atoms with Crippen molar-refractivity contribution in [1.82, 2.24) is 15.3 Å². The number of hydrogen-bond acceptors (Lipinski definition) is 5. The second-order valence-electron chi connectivity index (χ2n) is 6.41. The van der Waals surface area contributed by atoms with Gasteiger partial charge in [0.2, 0.25) is 5.91 Å². The van der Waals surface area contributed by atoms with E-state index in [9.17, 15) is 4.79 Å². The highest BCUT2D eigenvalue weighted by atomic mass is 35.5. The lowest BCUT2D eigenvalue weighted by Gasteiger charge is -2.11. The van der Waals surface area contributed by atoms with Gasteiger partial charge in [0, 0.05) is 36.6 Å². The van der Waals surface area contributed by atoms with Gasteiger partial charge in [-0.2, -0.15) is 0 Å². The lowest BCUT2D eigenvalue weighted by atomic mass is 10.1. The minimum Gasteiger partial charge on any atom is -0.383 e. The molecule has 8 heteroatoms. The predicted molar refractivity (Wildman–Crippen MR) is 128 cm³/mol. The summed E-state index contributed by atoms with van der Waals surface area (Å²) in [6.07, 6.45) is 3.26. The summed E-state index contributed by atoms with van der Waals surface area (Å²) in [5.41, 5.74) is 3.22. The fourth-order valence-electron chi connectivity index (χ4n) is 3.15. The fourth-order valence-corrected chi connectivity index (χ4v) is 3.15. The molecule has 0 atom stereocenters. The number of rotatable bonds is 7. The lowest BCUT2D eigenvalue weighted by Crippen LogP contribution is -2.31. The third-order valence-corrected chi connectivity index (χ3v) is 4.47. The number of anilines is 2. The zero-order valence-electron chi connectivity index (χ0n) is 16.2. The Morgan fingerprint density at radius 2 is 1.53 bits per heavy atom. The van der Waals surface area contributed by atoms with Crippen LogP contribution < -0.4 is 16.0 Å². The van der Waals surface area contributed by atoms with Gasteiger partial charge in [0.1, 0.15) is 5.52 Å². The molecule has 0 saturated heterocycles. The summed E-state index contributed by atoms with van der Waals surface area (Å²) in [6, 6.07) is 20.0. The second kappa shape index (κ2) is 11.3. The largest absolute Gasteiger partial charge is 0.383 e. The molecule has 0 fully saturated rings. The van der Waals surface area contributed by atoms with Gasteiger partial charge in [-0.05, 0) is 23.6 Å². The van der Waals surface area contributed by atoms with Crippen LogP contribution in [0, 0.1) is 0 Å². The van der Waals surface area contributed by atoms with Crippen LogP contribution in [0.4, 0.5) is 11.4 Å². The first kappa shape index (κ1) is 23.3. The quantitative estimate of drug-likeness (QED) is 0.371. The summed E-state index contributed by atoms with van der Waals surface area (Å²) >= 11 is 0. The number of para-hydroxylation sites is 1. The highest BCUT2D eigenvalue weighted by molar-refractivity contribution is 6.00. The molecule has 0 aliphatic rings. The molecule has 156 valence electrons. The molecule has 6 nitrogen and oxygen atoms in total. The summed E-state index contributed by atoms with van der Waals surface area (Å²) in [7, 11) is 0. The molecular formula is C22H23Cl2N5O. The van der Waals surface area contributed by atoms with Crippen molar-refractivity contribution in [3.63, 3.8) is 0 Å². The van der Waals surface area contributed by atoms with Crippen molar-refractivity contribution in [2.45, 2.75) is 0 Å². The van der Waals surface area contributed by atoms with Crippen LogP contribution in [0.5, 0.6) is 0 Å². The fraction of sp³-hybridized carbons (Fsp3) is 0.136. The highest BCUT2D eigenvalue weighted by Crippen LogP contribution is 2.22. The van der Waals surface area contributed by atoms with Crippen LogP contribution in [0.3, 0.4) is 0 Å². The standard InChI is InChI=1S/C22H21N5O.2ClH/c28-21(27-20-10-4-9-19-22(20)26-14-13-25-19)15-23-11-12-24-18-8-3-6-16-5-1-2-7-17(16)18;;/h1-10,13-14,23-24H,11-12,15H2,(H,27,28);2*1H. The van der Waals surface area contributed by atoms with Crippen molar-refractivity contribution >= 4 is 63.9 Å². The van der Waals surface area contributed by atoms with Crippen molar-refractivity contribution < 1.29 is 4.79 Å². The SMILES string of the molecule is Cl.Cl.O=C(CNCCNc1cccc2ccccc12)Nc1cccc2nccnc12. The van der Waals surface area contributed by atoms with Crippen LogP contribution in [0.1, 0.15) is 0 Å². The van der Waals surface area contributed by atoms with E-state index in [-0.39, 0.29) is 37.3 Å². The Morgan fingerprint density at radius 1 is 0.800 bits per heavy atom. The number of amides is 1. The molecule has 0 bridgehead atoms. The van der Waals surface area contributed by atoms with Crippen LogP contribution >= 0.6 is 24.8 Å². The number of fused-ring (bicyclic) bond motifs is 2. The van der Waals surface area contributed by atoms with Crippen molar-refractivity contribution in [2.75, 3.05) is 30.3 Å². The van der Waals surface area contributed by atoms with Crippen LogP contribution in [0.2, 0.25) is 0 Å². The Morgan fingerprint density at radius 3 is 2.43 bits per heavy atom. The van der Waals surface area contributed by atoms with E-state index in [1.807, 2.05) is 36.4 Å². The molecule has 4 rings (SSSR count). The third kappa shape index (κ3) is 5.57. The summed E-state index contributed by atoms with van der Waals surface area (Å²) < 4.78 is 0. The first-order valence-electron chi connectivity index (χ1n) is 9.23. The van der Waals surface area contributed by atoms with E-state index in [1.54, 1.807) is 12.4 Å². The number of nitrogens with one attached hydrogen (secondary N) is 3. The minimum atomic E-state index is -0.108. The molecule has 1 amide bonds.